The molecule has 6 nitrogen and oxygen atoms in total. The van der Waals surface area contributed by atoms with E-state index in [1.165, 1.54) is 12.1 Å². The third-order valence-electron chi connectivity index (χ3n) is 10.4. The summed E-state index contributed by atoms with van der Waals surface area (Å²) < 4.78 is 28.6. The second-order valence-electron chi connectivity index (χ2n) is 13.3. The number of halogens is 2. The Morgan fingerprint density at radius 1 is 0.844 bits per heavy atom. The van der Waals surface area contributed by atoms with E-state index in [2.05, 4.69) is 27.7 Å². The lowest BCUT2D eigenvalue weighted by Crippen LogP contribution is -2.57. The fraction of sp³-hybridized carbons (Fsp3) is 0.459. The topological polar surface area (TPSA) is 64.7 Å². The van der Waals surface area contributed by atoms with E-state index in [1.807, 2.05) is 53.4 Å². The van der Waals surface area contributed by atoms with Crippen LogP contribution in [0.5, 0.6) is 0 Å². The highest BCUT2D eigenvalue weighted by Gasteiger charge is 2.42. The zero-order valence-electron chi connectivity index (χ0n) is 25.9. The molecule has 0 radical (unpaired) electrons. The highest BCUT2D eigenvalue weighted by atomic mass is 19.2. The normalized spacial score (nSPS) is 22.4. The second kappa shape index (κ2) is 13.7. The maximum absolute atomic E-state index is 14.6. The van der Waals surface area contributed by atoms with E-state index in [4.69, 9.17) is 0 Å². The summed E-state index contributed by atoms with van der Waals surface area (Å²) in [4.78, 5) is 30.6. The average molecular weight is 615 g/mol. The maximum atomic E-state index is 14.6. The van der Waals surface area contributed by atoms with Crippen LogP contribution >= 0.6 is 0 Å². The number of nitrogens with zero attached hydrogens (tertiary/aromatic N) is 2. The van der Waals surface area contributed by atoms with Gasteiger partial charge in [0.05, 0.1) is 5.54 Å². The van der Waals surface area contributed by atoms with Crippen molar-refractivity contribution < 1.29 is 18.4 Å². The smallest absolute Gasteiger partial charge is 0.315 e. The zero-order valence-corrected chi connectivity index (χ0v) is 25.9. The number of hydrogen-bond acceptors (Lipinski definition) is 3. The molecule has 0 spiro atoms. The first-order chi connectivity index (χ1) is 21.8. The number of nitrogens with one attached hydrogen (secondary N) is 2. The number of benzene rings is 3. The van der Waals surface area contributed by atoms with Crippen LogP contribution in [0, 0.1) is 11.6 Å². The number of carbonyl (C=O) groups is 2. The molecule has 0 aromatic heterocycles. The van der Waals surface area contributed by atoms with Gasteiger partial charge in [-0.3, -0.25) is 4.79 Å². The first-order valence-electron chi connectivity index (χ1n) is 16.5. The number of amides is 3. The molecule has 3 fully saturated rings. The molecule has 2 saturated heterocycles. The monoisotopic (exact) mass is 614 g/mol. The van der Waals surface area contributed by atoms with Crippen molar-refractivity contribution in [3.05, 3.63) is 107 Å². The van der Waals surface area contributed by atoms with E-state index in [-0.39, 0.29) is 18.0 Å². The van der Waals surface area contributed by atoms with Gasteiger partial charge in [-0.1, -0.05) is 79.6 Å². The van der Waals surface area contributed by atoms with E-state index < -0.39 is 22.6 Å². The van der Waals surface area contributed by atoms with Crippen LogP contribution in [-0.4, -0.2) is 54.0 Å². The fourth-order valence-corrected chi connectivity index (χ4v) is 7.68. The first kappa shape index (κ1) is 31.2. The van der Waals surface area contributed by atoms with Crippen LogP contribution in [0.1, 0.15) is 74.5 Å². The Morgan fingerprint density at radius 3 is 2.22 bits per heavy atom. The SMILES string of the molecule is O=C(NC1CCCC1)NC1(c2ccccc2)CCN(CCC2(c3ccc(F)c(F)c3)CCC(=O)N(Cc3ccccc3)C2)CC1. The summed E-state index contributed by atoms with van der Waals surface area (Å²) >= 11 is 0. The van der Waals surface area contributed by atoms with Crippen molar-refractivity contribution >= 4 is 11.9 Å². The van der Waals surface area contributed by atoms with E-state index >= 15 is 0 Å². The second-order valence-corrected chi connectivity index (χ2v) is 13.3. The molecule has 1 unspecified atom stereocenters. The summed E-state index contributed by atoms with van der Waals surface area (Å²) in [6.45, 7) is 3.28. The zero-order chi connectivity index (χ0) is 31.3. The number of rotatable bonds is 9. The Bertz CT molecular complexity index is 1460. The summed E-state index contributed by atoms with van der Waals surface area (Å²) in [5.41, 5.74) is 1.96. The number of hydrogen-bond donors (Lipinski definition) is 2. The lowest BCUT2D eigenvalue weighted by atomic mass is 9.71. The van der Waals surface area contributed by atoms with Gasteiger partial charge in [0, 0.05) is 44.1 Å². The lowest BCUT2D eigenvalue weighted by molar-refractivity contribution is -0.136. The minimum absolute atomic E-state index is 0.0876. The van der Waals surface area contributed by atoms with E-state index in [0.29, 0.717) is 32.4 Å². The number of piperidine rings is 2. The third-order valence-corrected chi connectivity index (χ3v) is 10.4. The van der Waals surface area contributed by atoms with Gasteiger partial charge in [0.2, 0.25) is 5.91 Å². The van der Waals surface area contributed by atoms with E-state index in [0.717, 1.165) is 74.8 Å². The molecule has 238 valence electrons. The van der Waals surface area contributed by atoms with Gasteiger partial charge in [-0.2, -0.15) is 0 Å². The molecule has 2 N–H and O–H groups in total. The number of urea groups is 1. The van der Waals surface area contributed by atoms with Crippen molar-refractivity contribution in [3.8, 4) is 0 Å². The molecule has 3 amide bonds. The summed E-state index contributed by atoms with van der Waals surface area (Å²) in [7, 11) is 0. The molecule has 2 aliphatic heterocycles. The van der Waals surface area contributed by atoms with Gasteiger partial charge in [0.1, 0.15) is 0 Å². The third kappa shape index (κ3) is 7.22. The molecule has 2 heterocycles. The molecule has 3 aromatic rings. The molecule has 1 atom stereocenters. The van der Waals surface area contributed by atoms with Gasteiger partial charge >= 0.3 is 6.03 Å². The van der Waals surface area contributed by atoms with Gasteiger partial charge in [0.15, 0.2) is 11.6 Å². The molecule has 0 bridgehead atoms. The molecule has 1 saturated carbocycles. The van der Waals surface area contributed by atoms with Crippen LogP contribution in [0.4, 0.5) is 13.6 Å². The molecule has 6 rings (SSSR count). The molecule has 3 aromatic carbocycles. The molecule has 1 aliphatic carbocycles. The summed E-state index contributed by atoms with van der Waals surface area (Å²) in [6, 6.07) is 24.5. The van der Waals surface area contributed by atoms with Crippen molar-refractivity contribution in [2.75, 3.05) is 26.2 Å². The van der Waals surface area contributed by atoms with Gasteiger partial charge in [-0.15, -0.1) is 0 Å². The Balaban J connectivity index is 1.17. The van der Waals surface area contributed by atoms with Crippen LogP contribution in [0.2, 0.25) is 0 Å². The quantitative estimate of drug-likeness (QED) is 0.284. The van der Waals surface area contributed by atoms with Crippen LogP contribution in [0.25, 0.3) is 0 Å². The molecule has 45 heavy (non-hydrogen) atoms. The van der Waals surface area contributed by atoms with Crippen molar-refractivity contribution in [3.63, 3.8) is 0 Å². The Hall–Kier alpha value is -3.78. The lowest BCUT2D eigenvalue weighted by Gasteiger charge is -2.46. The van der Waals surface area contributed by atoms with Gasteiger partial charge in [-0.25, -0.2) is 13.6 Å². The van der Waals surface area contributed by atoms with Crippen LogP contribution in [0.3, 0.4) is 0 Å². The highest BCUT2D eigenvalue weighted by molar-refractivity contribution is 5.77. The summed E-state index contributed by atoms with van der Waals surface area (Å²) in [5.74, 6) is -1.63. The van der Waals surface area contributed by atoms with Gasteiger partial charge < -0.3 is 20.4 Å². The fourth-order valence-electron chi connectivity index (χ4n) is 7.68. The summed E-state index contributed by atoms with van der Waals surface area (Å²) in [5, 5.41) is 6.59. The predicted octanol–water partition coefficient (Wildman–Crippen LogP) is 6.65. The van der Waals surface area contributed by atoms with Crippen molar-refractivity contribution in [2.24, 2.45) is 0 Å². The predicted molar refractivity (Wildman–Crippen MR) is 171 cm³/mol. The minimum atomic E-state index is -0.861. The first-order valence-corrected chi connectivity index (χ1v) is 16.5. The van der Waals surface area contributed by atoms with Crippen LogP contribution in [-0.2, 0) is 22.3 Å². The Morgan fingerprint density at radius 2 is 1.53 bits per heavy atom. The van der Waals surface area contributed by atoms with E-state index in [9.17, 15) is 18.4 Å². The Kier molecular flexibility index (Phi) is 9.50. The molecule has 8 heteroatoms. The minimum Gasteiger partial charge on any atom is -0.337 e. The van der Waals surface area contributed by atoms with Crippen molar-refractivity contribution in [1.82, 2.24) is 20.4 Å². The molecular weight excluding hydrogens is 570 g/mol. The number of carbonyl (C=O) groups excluding carboxylic acids is 2. The highest BCUT2D eigenvalue weighted by Crippen LogP contribution is 2.40. The van der Waals surface area contributed by atoms with E-state index in [1.54, 1.807) is 6.07 Å². The summed E-state index contributed by atoms with van der Waals surface area (Å²) in [6.07, 6.45) is 7.60. The number of likely N-dealkylation sites (tertiary alicyclic amines) is 2. The van der Waals surface area contributed by atoms with Crippen LogP contribution < -0.4 is 10.6 Å². The maximum Gasteiger partial charge on any atom is 0.315 e. The van der Waals surface area contributed by atoms with Crippen molar-refractivity contribution in [1.29, 1.82) is 0 Å². The Labute approximate surface area is 265 Å². The molecular formula is C37H44F2N4O2. The van der Waals surface area contributed by atoms with Crippen molar-refractivity contribution in [2.45, 2.75) is 81.3 Å². The average Bonchev–Trinajstić information content (AvgIpc) is 3.57. The standard InChI is InChI=1S/C37H44F2N4O2/c38-32-16-15-30(25-33(32)39)36(18-17-34(44)43(27-36)26-28-9-3-1-4-10-28)19-22-42-23-20-37(21-24-42,29-11-5-2-6-12-29)41-35(45)40-31-13-7-8-14-31/h1-6,9-12,15-16,25,31H,7-8,13-14,17-24,26-27H2,(H2,40,41,45). The van der Waals surface area contributed by atoms with Gasteiger partial charge in [-0.05, 0) is 73.9 Å². The molecule has 3 aliphatic rings. The van der Waals surface area contributed by atoms with Crippen LogP contribution in [0.15, 0.2) is 78.9 Å². The van der Waals surface area contributed by atoms with Gasteiger partial charge in [0.25, 0.3) is 0 Å². The largest absolute Gasteiger partial charge is 0.337 e.